The van der Waals surface area contributed by atoms with E-state index < -0.39 is 18.3 Å². The molecule has 1 saturated heterocycles. The van der Waals surface area contributed by atoms with Gasteiger partial charge < -0.3 is 16.0 Å². The first kappa shape index (κ1) is 26.5. The minimum atomic E-state index is -4.52. The van der Waals surface area contributed by atoms with E-state index in [1.807, 2.05) is 6.92 Å². The third-order valence-electron chi connectivity index (χ3n) is 4.28. The maximum absolute atomic E-state index is 12.7. The smallest absolute Gasteiger partial charge is 0.357 e. The van der Waals surface area contributed by atoms with Crippen LogP contribution in [0.2, 0.25) is 0 Å². The molecule has 1 aliphatic rings. The van der Waals surface area contributed by atoms with Gasteiger partial charge in [-0.25, -0.2) is 18.7 Å². The molecule has 13 heteroatoms. The van der Waals surface area contributed by atoms with E-state index >= 15 is 0 Å². The molecule has 0 bridgehead atoms. The lowest BCUT2D eigenvalue weighted by atomic mass is 10.1. The molecule has 0 unspecified atom stereocenters. The molecule has 0 amide bonds. The van der Waals surface area contributed by atoms with E-state index in [1.165, 1.54) is 0 Å². The number of hydrogen-bond acceptors (Lipinski definition) is 5. The Morgan fingerprint density at radius 1 is 1.30 bits per heavy atom. The molecule has 30 heavy (non-hydrogen) atoms. The molecule has 0 atom stereocenters. The summed E-state index contributed by atoms with van der Waals surface area (Å²) in [5, 5.41) is 9.09. The minimum absolute atomic E-state index is 0. The van der Waals surface area contributed by atoms with Crippen LogP contribution in [0.5, 0.6) is 0 Å². The van der Waals surface area contributed by atoms with Gasteiger partial charge in [-0.3, -0.25) is 9.89 Å². The van der Waals surface area contributed by atoms with E-state index in [9.17, 15) is 22.0 Å². The largest absolute Gasteiger partial charge is 0.433 e. The van der Waals surface area contributed by atoms with Crippen LogP contribution >= 0.6 is 24.0 Å². The van der Waals surface area contributed by atoms with Crippen LogP contribution in [0.1, 0.15) is 25.5 Å². The average Bonchev–Trinajstić information content (AvgIpc) is 2.66. The summed E-state index contributed by atoms with van der Waals surface area (Å²) in [5.41, 5.74) is -1.01. The first-order valence-electron chi connectivity index (χ1n) is 9.47. The summed E-state index contributed by atoms with van der Waals surface area (Å²) in [6.07, 6.45) is -4.34. The molecule has 0 radical (unpaired) electrons. The normalized spacial score (nSPS) is 16.3. The van der Waals surface area contributed by atoms with Crippen LogP contribution in [0.3, 0.4) is 0 Å². The van der Waals surface area contributed by atoms with Gasteiger partial charge in [-0.15, -0.1) is 24.0 Å². The van der Waals surface area contributed by atoms with Crippen molar-refractivity contribution >= 4 is 35.9 Å². The summed E-state index contributed by atoms with van der Waals surface area (Å²) in [7, 11) is 0. The van der Waals surface area contributed by atoms with Gasteiger partial charge in [0.2, 0.25) is 5.95 Å². The molecule has 1 fully saturated rings. The third kappa shape index (κ3) is 9.53. The number of rotatable bonds is 8. The van der Waals surface area contributed by atoms with Gasteiger partial charge in [0.25, 0.3) is 6.43 Å². The number of halogens is 6. The summed E-state index contributed by atoms with van der Waals surface area (Å²) >= 11 is 0. The Morgan fingerprint density at radius 3 is 2.60 bits per heavy atom. The summed E-state index contributed by atoms with van der Waals surface area (Å²) < 4.78 is 62.9. The topological polar surface area (TPSA) is 77.5 Å². The Hall–Kier alpha value is -1.51. The number of likely N-dealkylation sites (tertiary alicyclic amines) is 1. The van der Waals surface area contributed by atoms with Gasteiger partial charge in [-0.05, 0) is 25.8 Å². The van der Waals surface area contributed by atoms with Crippen LogP contribution in [-0.2, 0) is 6.18 Å². The zero-order valence-corrected chi connectivity index (χ0v) is 18.9. The van der Waals surface area contributed by atoms with Crippen LogP contribution in [0.4, 0.5) is 27.9 Å². The second-order valence-corrected chi connectivity index (χ2v) is 6.56. The van der Waals surface area contributed by atoms with Gasteiger partial charge in [-0.1, -0.05) is 0 Å². The van der Waals surface area contributed by atoms with Gasteiger partial charge in [0, 0.05) is 38.4 Å². The predicted octanol–water partition coefficient (Wildman–Crippen LogP) is 2.81. The van der Waals surface area contributed by atoms with Crippen molar-refractivity contribution in [2.75, 3.05) is 44.6 Å². The number of alkyl halides is 5. The van der Waals surface area contributed by atoms with Gasteiger partial charge >= 0.3 is 6.18 Å². The van der Waals surface area contributed by atoms with Gasteiger partial charge in [0.15, 0.2) is 5.96 Å². The van der Waals surface area contributed by atoms with Crippen molar-refractivity contribution in [3.63, 3.8) is 0 Å². The molecule has 7 nitrogen and oxygen atoms in total. The van der Waals surface area contributed by atoms with E-state index in [1.54, 1.807) is 4.90 Å². The molecule has 1 aromatic rings. The molecule has 2 rings (SSSR count). The van der Waals surface area contributed by atoms with Crippen molar-refractivity contribution < 1.29 is 22.0 Å². The summed E-state index contributed by atoms with van der Waals surface area (Å²) in [6.45, 7) is 4.08. The fraction of sp³-hybridized carbons (Fsp3) is 0.706. The number of guanidine groups is 1. The van der Waals surface area contributed by atoms with E-state index in [2.05, 4.69) is 30.9 Å². The van der Waals surface area contributed by atoms with Crippen LogP contribution < -0.4 is 16.0 Å². The van der Waals surface area contributed by atoms with Crippen molar-refractivity contribution in [2.24, 2.45) is 4.99 Å². The van der Waals surface area contributed by atoms with E-state index in [0.717, 1.165) is 25.1 Å². The molecule has 0 aromatic carbocycles. The average molecular weight is 551 g/mol. The predicted molar refractivity (Wildman–Crippen MR) is 116 cm³/mol. The Morgan fingerprint density at radius 2 is 2.00 bits per heavy atom. The van der Waals surface area contributed by atoms with Crippen LogP contribution in [0.25, 0.3) is 0 Å². The first-order valence-corrected chi connectivity index (χ1v) is 9.47. The number of aliphatic imine (C=N–C) groups is 1. The number of nitrogens with zero attached hydrogens (tertiary/aromatic N) is 4. The third-order valence-corrected chi connectivity index (χ3v) is 4.28. The molecule has 0 aliphatic carbocycles. The molecular formula is C17H27F5IN7. The van der Waals surface area contributed by atoms with Crippen molar-refractivity contribution in [2.45, 2.75) is 38.4 Å². The van der Waals surface area contributed by atoms with Crippen LogP contribution in [-0.4, -0.2) is 72.6 Å². The van der Waals surface area contributed by atoms with Crippen molar-refractivity contribution in [3.8, 4) is 0 Å². The Balaban J connectivity index is 0.00000450. The monoisotopic (exact) mass is 551 g/mol. The molecule has 0 spiro atoms. The number of hydrogen-bond donors (Lipinski definition) is 3. The molecule has 1 aromatic heterocycles. The Labute approximate surface area is 189 Å². The SMILES string of the molecule is CCNC(=NCCNc1nccc(C(F)(F)F)n1)NC1CCN(CC(F)F)CC1.I. The van der Waals surface area contributed by atoms with E-state index in [4.69, 9.17) is 0 Å². The van der Waals surface area contributed by atoms with Crippen LogP contribution in [0, 0.1) is 0 Å². The van der Waals surface area contributed by atoms with Crippen LogP contribution in [0.15, 0.2) is 17.3 Å². The number of anilines is 1. The highest BCUT2D eigenvalue weighted by molar-refractivity contribution is 14.0. The molecule has 3 N–H and O–H groups in total. The van der Waals surface area contributed by atoms with Crippen molar-refractivity contribution in [3.05, 3.63) is 18.0 Å². The number of aromatic nitrogens is 2. The van der Waals surface area contributed by atoms with E-state index in [0.29, 0.717) is 32.1 Å². The highest BCUT2D eigenvalue weighted by Gasteiger charge is 2.32. The molecule has 2 heterocycles. The lowest BCUT2D eigenvalue weighted by Crippen LogP contribution is -2.49. The molecule has 1 aliphatic heterocycles. The standard InChI is InChI=1S/C17H26F5N7.HI/c1-2-23-15(27-12-4-9-29(10-5-12)11-14(18)19)25-7-8-26-16-24-6-3-13(28-16)17(20,21)22;/h3,6,12,14H,2,4-5,7-11H2,1H3,(H2,23,25,27)(H,24,26,28);1H. The zero-order chi connectivity index (χ0) is 21.3. The Kier molecular flexibility index (Phi) is 11.5. The van der Waals surface area contributed by atoms with E-state index in [-0.39, 0.29) is 49.1 Å². The summed E-state index contributed by atoms with van der Waals surface area (Å²) in [4.78, 5) is 13.3. The van der Waals surface area contributed by atoms with Crippen molar-refractivity contribution in [1.29, 1.82) is 0 Å². The molecular weight excluding hydrogens is 524 g/mol. The Bertz CT molecular complexity index is 652. The number of nitrogens with one attached hydrogen (secondary N) is 3. The highest BCUT2D eigenvalue weighted by Crippen LogP contribution is 2.27. The maximum atomic E-state index is 12.7. The lowest BCUT2D eigenvalue weighted by Gasteiger charge is -2.32. The summed E-state index contributed by atoms with van der Waals surface area (Å²) in [5.74, 6) is 0.464. The van der Waals surface area contributed by atoms with Gasteiger partial charge in [0.1, 0.15) is 5.69 Å². The van der Waals surface area contributed by atoms with Gasteiger partial charge in [-0.2, -0.15) is 13.2 Å². The van der Waals surface area contributed by atoms with Crippen molar-refractivity contribution in [1.82, 2.24) is 25.5 Å². The fourth-order valence-electron chi connectivity index (χ4n) is 2.91. The zero-order valence-electron chi connectivity index (χ0n) is 16.6. The number of piperidine rings is 1. The second kappa shape index (κ2) is 13.0. The summed E-state index contributed by atoms with van der Waals surface area (Å²) in [6, 6.07) is 0.935. The first-order chi connectivity index (χ1) is 13.8. The highest BCUT2D eigenvalue weighted by atomic mass is 127. The fourth-order valence-corrected chi connectivity index (χ4v) is 2.91. The maximum Gasteiger partial charge on any atom is 0.433 e. The van der Waals surface area contributed by atoms with Gasteiger partial charge in [0.05, 0.1) is 13.1 Å². The molecule has 172 valence electrons. The quantitative estimate of drug-likeness (QED) is 0.152. The minimum Gasteiger partial charge on any atom is -0.357 e. The second-order valence-electron chi connectivity index (χ2n) is 6.56. The molecule has 0 saturated carbocycles. The lowest BCUT2D eigenvalue weighted by molar-refractivity contribution is -0.141.